The number of hydrogen-bond donors (Lipinski definition) is 0. The van der Waals surface area contributed by atoms with E-state index in [0.29, 0.717) is 6.10 Å². The van der Waals surface area contributed by atoms with E-state index in [0.717, 1.165) is 26.1 Å². The molecule has 5 heteroatoms. The van der Waals surface area contributed by atoms with E-state index in [2.05, 4.69) is 87.9 Å². The molecular formula is C24H33BrHgO2Si. The predicted octanol–water partition coefficient (Wildman–Crippen LogP) is 1.73. The smallest absolute Gasteiger partial charge is 1.00 e. The second-order valence-electron chi connectivity index (χ2n) is 8.44. The Labute approximate surface area is 209 Å². The summed E-state index contributed by atoms with van der Waals surface area (Å²) in [4.78, 5) is 0. The second-order valence-corrected chi connectivity index (χ2v) is 12.7. The van der Waals surface area contributed by atoms with Crippen LogP contribution in [0.25, 0.3) is 0 Å². The molecule has 1 heterocycles. The Morgan fingerprint density at radius 2 is 1.55 bits per heavy atom. The minimum atomic E-state index is -2.38. The van der Waals surface area contributed by atoms with Crippen molar-refractivity contribution in [1.29, 1.82) is 0 Å². The quantitative estimate of drug-likeness (QED) is 0.317. The number of rotatable bonds is 8. The minimum absolute atomic E-state index is 0. The minimum Gasteiger partial charge on any atom is -1.00 e. The molecule has 0 bridgehead atoms. The van der Waals surface area contributed by atoms with Gasteiger partial charge in [-0.15, -0.1) is 0 Å². The van der Waals surface area contributed by atoms with Crippen LogP contribution in [0, 0.1) is 6.42 Å². The summed E-state index contributed by atoms with van der Waals surface area (Å²) in [5, 5.41) is 2.76. The predicted molar refractivity (Wildman–Crippen MR) is 116 cm³/mol. The average Bonchev–Trinajstić information content (AvgIpc) is 3.19. The van der Waals surface area contributed by atoms with E-state index in [1.807, 2.05) is 0 Å². The summed E-state index contributed by atoms with van der Waals surface area (Å²) >= 11 is 0. The largest absolute Gasteiger partial charge is 1.00 e. The number of unbranched alkanes of at least 4 members (excludes halogenated alkanes) is 1. The first-order chi connectivity index (χ1) is 13.0. The molecule has 154 valence electrons. The van der Waals surface area contributed by atoms with Gasteiger partial charge in [0.25, 0.3) is 8.32 Å². The summed E-state index contributed by atoms with van der Waals surface area (Å²) < 4.78 is 12.6. The fourth-order valence-corrected chi connectivity index (χ4v) is 8.77. The number of halogens is 1. The molecule has 1 aliphatic rings. The van der Waals surface area contributed by atoms with Gasteiger partial charge in [-0.2, -0.15) is 0 Å². The third-order valence-corrected chi connectivity index (χ3v) is 10.5. The summed E-state index contributed by atoms with van der Waals surface area (Å²) in [5.41, 5.74) is 0. The van der Waals surface area contributed by atoms with Crippen molar-refractivity contribution in [1.82, 2.24) is 0 Å². The van der Waals surface area contributed by atoms with Crippen molar-refractivity contribution < 1.29 is 53.8 Å². The van der Waals surface area contributed by atoms with Crippen LogP contribution in [0.4, 0.5) is 0 Å². The Hall–Kier alpha value is -0.00805. The molecule has 0 unspecified atom stereocenters. The van der Waals surface area contributed by atoms with Gasteiger partial charge in [0.15, 0.2) is 0 Å². The summed E-state index contributed by atoms with van der Waals surface area (Å²) in [6.07, 6.45) is 7.17. The van der Waals surface area contributed by atoms with Crippen LogP contribution < -0.4 is 27.4 Å². The van der Waals surface area contributed by atoms with E-state index >= 15 is 0 Å². The summed E-state index contributed by atoms with van der Waals surface area (Å²) in [6.45, 7) is 8.70. The molecule has 0 N–H and O–H groups in total. The van der Waals surface area contributed by atoms with Gasteiger partial charge in [0.1, 0.15) is 0 Å². The molecule has 2 aromatic rings. The van der Waals surface area contributed by atoms with E-state index in [1.54, 1.807) is 0 Å². The van der Waals surface area contributed by atoms with Crippen molar-refractivity contribution in [2.45, 2.75) is 57.6 Å². The van der Waals surface area contributed by atoms with Gasteiger partial charge in [0, 0.05) is 13.2 Å². The van der Waals surface area contributed by atoms with E-state index in [1.165, 1.54) is 23.2 Å². The summed E-state index contributed by atoms with van der Waals surface area (Å²) in [6, 6.07) is 21.7. The first kappa shape index (κ1) is 27.0. The molecule has 2 aromatic carbocycles. The van der Waals surface area contributed by atoms with E-state index in [9.17, 15) is 0 Å². The molecule has 0 saturated carbocycles. The van der Waals surface area contributed by atoms with Crippen LogP contribution in [-0.4, -0.2) is 27.6 Å². The maximum Gasteiger partial charge on any atom is 1.00 e. The topological polar surface area (TPSA) is 18.5 Å². The first-order valence-corrected chi connectivity index (χ1v) is 12.1. The number of ether oxygens (including phenoxy) is 1. The van der Waals surface area contributed by atoms with Gasteiger partial charge in [-0.05, 0) is 47.5 Å². The Morgan fingerprint density at radius 1 is 1.00 bits per heavy atom. The van der Waals surface area contributed by atoms with Gasteiger partial charge in [0.05, 0.1) is 6.10 Å². The molecule has 29 heavy (non-hydrogen) atoms. The Morgan fingerprint density at radius 3 is 2.00 bits per heavy atom. The summed E-state index contributed by atoms with van der Waals surface area (Å²) in [7, 11) is -2.38. The van der Waals surface area contributed by atoms with Crippen molar-refractivity contribution in [2.75, 3.05) is 13.2 Å². The molecule has 1 aliphatic heterocycles. The maximum absolute atomic E-state index is 6.91. The molecule has 2 nitrogen and oxygen atoms in total. The normalized spacial score (nSPS) is 16.7. The molecule has 1 fully saturated rings. The molecule has 0 amide bonds. The van der Waals surface area contributed by atoms with Crippen LogP contribution in [0.2, 0.25) is 5.04 Å². The third kappa shape index (κ3) is 6.73. The zero-order valence-corrected chi connectivity index (χ0v) is 26.2. The number of benzene rings is 2. The zero-order valence-electron chi connectivity index (χ0n) is 18.1. The van der Waals surface area contributed by atoms with Crippen LogP contribution in [0.3, 0.4) is 0 Å². The average molecular weight is 662 g/mol. The van der Waals surface area contributed by atoms with Crippen LogP contribution in [0.1, 0.15) is 46.5 Å². The molecule has 0 aromatic heterocycles. The van der Waals surface area contributed by atoms with Crippen molar-refractivity contribution in [3.63, 3.8) is 0 Å². The monoisotopic (exact) mass is 662 g/mol. The van der Waals surface area contributed by atoms with Gasteiger partial charge in [0.2, 0.25) is 0 Å². The zero-order chi connectivity index (χ0) is 19.2. The summed E-state index contributed by atoms with van der Waals surface area (Å²) in [5.74, 6) is 0. The standard InChI is InChI=1S/C24H33O2Si.BrH.Hg/c1-24(2,3)27(22-15-6-4-7-16-22,23-17-8-5-9-18-23)26-20-11-10-13-21-14-12-19-25-21;;/h4-9,13,15-18,21H,10-12,14,19-20H2,1-3H3;1H;/q;;+1/p-1/t21-;;/m1../s1. The molecule has 0 aliphatic carbocycles. The fraction of sp³-hybridized carbons (Fsp3) is 0.458. The number of hydrogen-bond acceptors (Lipinski definition) is 2. The van der Waals surface area contributed by atoms with Crippen molar-refractivity contribution in [2.24, 2.45) is 0 Å². The van der Waals surface area contributed by atoms with Gasteiger partial charge >= 0.3 is 27.7 Å². The third-order valence-electron chi connectivity index (χ3n) is 5.48. The van der Waals surface area contributed by atoms with Crippen LogP contribution in [0.15, 0.2) is 60.7 Å². The Kier molecular flexibility index (Phi) is 11.9. The van der Waals surface area contributed by atoms with Crippen LogP contribution in [-0.2, 0) is 36.8 Å². The molecule has 0 spiro atoms. The Bertz CT molecular complexity index is 646. The van der Waals surface area contributed by atoms with Crippen LogP contribution >= 0.6 is 0 Å². The first-order valence-electron chi connectivity index (χ1n) is 10.2. The van der Waals surface area contributed by atoms with E-state index in [4.69, 9.17) is 9.16 Å². The van der Waals surface area contributed by atoms with Gasteiger partial charge in [-0.25, -0.2) is 0 Å². The second kappa shape index (κ2) is 12.8. The van der Waals surface area contributed by atoms with Crippen molar-refractivity contribution >= 4 is 18.7 Å². The van der Waals surface area contributed by atoms with Crippen molar-refractivity contribution in [3.8, 4) is 0 Å². The molecule has 3 rings (SSSR count). The van der Waals surface area contributed by atoms with Crippen molar-refractivity contribution in [3.05, 3.63) is 67.1 Å². The molecular weight excluding hydrogens is 629 g/mol. The van der Waals surface area contributed by atoms with Gasteiger partial charge in [-0.3, -0.25) is 0 Å². The molecule has 1 atom stereocenters. The van der Waals surface area contributed by atoms with Gasteiger partial charge < -0.3 is 26.1 Å². The van der Waals surface area contributed by atoms with E-state index < -0.39 is 8.32 Å². The molecule has 1 saturated heterocycles. The van der Waals surface area contributed by atoms with Gasteiger partial charge in [-0.1, -0.05) is 81.4 Å². The maximum atomic E-state index is 6.91. The fourth-order valence-electron chi connectivity index (χ4n) is 4.16. The van der Waals surface area contributed by atoms with E-state index in [-0.39, 0.29) is 49.7 Å². The Balaban J connectivity index is 0.00000210. The van der Waals surface area contributed by atoms with Crippen LogP contribution in [0.5, 0.6) is 0 Å². The molecule has 2 radical (unpaired) electrons. The SMILES string of the molecule is CC(C)(C)[Si](OCCC[CH][C@@H]1CCCO1)(c1ccccc1)c1ccccc1.[Br-].[Hg+].